The summed E-state index contributed by atoms with van der Waals surface area (Å²) in [5.74, 6) is 1.51. The van der Waals surface area contributed by atoms with Crippen molar-refractivity contribution in [3.05, 3.63) is 47.8 Å². The first-order valence-electron chi connectivity index (χ1n) is 16.3. The Kier molecular flexibility index (Phi) is 6.61. The van der Waals surface area contributed by atoms with Gasteiger partial charge in [-0.1, -0.05) is 53.2 Å². The van der Waals surface area contributed by atoms with Crippen LogP contribution in [0, 0.1) is 56.7 Å². The average Bonchev–Trinajstić information content (AvgIpc) is 2.92. The molecule has 0 aliphatic heterocycles. The molecule has 222 valence electrons. The van der Waals surface area contributed by atoms with Gasteiger partial charge in [-0.05, 0) is 140 Å². The van der Waals surface area contributed by atoms with Gasteiger partial charge in [-0.15, -0.1) is 0 Å². The van der Waals surface area contributed by atoms with Gasteiger partial charge in [0, 0.05) is 17.8 Å². The molecule has 0 aromatic carbocycles. The highest BCUT2D eigenvalue weighted by atomic mass is 16.4. The average molecular weight is 558 g/mol. The number of hydrogen-bond acceptors (Lipinski definition) is 3. The fourth-order valence-electron chi connectivity index (χ4n) is 12.4. The monoisotopic (exact) mass is 557 g/mol. The summed E-state index contributed by atoms with van der Waals surface area (Å²) in [6.07, 6.45) is 15.7. The van der Waals surface area contributed by atoms with Crippen molar-refractivity contribution in [1.29, 1.82) is 0 Å². The molecule has 1 aromatic rings. The van der Waals surface area contributed by atoms with E-state index in [4.69, 9.17) is 0 Å². The van der Waals surface area contributed by atoms with Gasteiger partial charge in [0.15, 0.2) is 5.78 Å². The molecule has 1 aromatic heterocycles. The molecule has 1 heterocycles. The number of pyridine rings is 1. The van der Waals surface area contributed by atoms with Gasteiger partial charge in [0.25, 0.3) is 0 Å². The van der Waals surface area contributed by atoms with E-state index in [1.165, 1.54) is 5.57 Å². The van der Waals surface area contributed by atoms with Crippen LogP contribution in [0.15, 0.2) is 42.3 Å². The van der Waals surface area contributed by atoms with Crippen molar-refractivity contribution in [2.24, 2.45) is 56.7 Å². The first-order valence-corrected chi connectivity index (χ1v) is 16.3. The van der Waals surface area contributed by atoms with Gasteiger partial charge in [-0.25, -0.2) is 0 Å². The number of Topliss-reactive ketones (excluding diaryl/α,β-unsaturated/α-hetero) is 1. The minimum atomic E-state index is -0.601. The Balaban J connectivity index is 1.42. The first-order chi connectivity index (χ1) is 19.2. The van der Waals surface area contributed by atoms with E-state index in [0.717, 1.165) is 75.3 Å². The lowest BCUT2D eigenvalue weighted by Crippen LogP contribution is -2.68. The summed E-state index contributed by atoms with van der Waals surface area (Å²) >= 11 is 0. The van der Waals surface area contributed by atoms with Crippen molar-refractivity contribution in [1.82, 2.24) is 4.98 Å². The lowest BCUT2D eigenvalue weighted by molar-refractivity contribution is -0.241. The SMILES string of the molecule is C=C(C)[C@@H]1CCC[C@]2(C(=O)O)CC[C@]3(C)[C@@H](CC[C@@H]4[C@@]5(C)C/C(=C/c6ccncc6)C(=O)C(C)(C)[C@@H]5CC[C@]43C)[C@@H]12. The van der Waals surface area contributed by atoms with Gasteiger partial charge in [0.1, 0.15) is 0 Å². The van der Waals surface area contributed by atoms with E-state index >= 15 is 0 Å². The van der Waals surface area contributed by atoms with Crippen molar-refractivity contribution in [3.8, 4) is 0 Å². The minimum absolute atomic E-state index is 0.0267. The van der Waals surface area contributed by atoms with E-state index in [9.17, 15) is 14.7 Å². The third-order valence-corrected chi connectivity index (χ3v) is 14.4. The van der Waals surface area contributed by atoms with Crippen LogP contribution in [-0.2, 0) is 9.59 Å². The zero-order valence-corrected chi connectivity index (χ0v) is 26.3. The van der Waals surface area contributed by atoms with Crippen LogP contribution < -0.4 is 0 Å². The zero-order chi connectivity index (χ0) is 29.6. The Morgan fingerprint density at radius 1 is 0.951 bits per heavy atom. The molecule has 0 bridgehead atoms. The van der Waals surface area contributed by atoms with E-state index in [1.54, 1.807) is 12.4 Å². The summed E-state index contributed by atoms with van der Waals surface area (Å²) in [4.78, 5) is 31.2. The fraction of sp³-hybridized carbons (Fsp3) is 0.703. The maximum atomic E-state index is 14.0. The summed E-state index contributed by atoms with van der Waals surface area (Å²) in [6.45, 7) is 18.6. The molecule has 4 heteroatoms. The Bertz CT molecular complexity index is 1300. The van der Waals surface area contributed by atoms with Crippen LogP contribution >= 0.6 is 0 Å². The standard InChI is InChI=1S/C37H51NO3/c1-23(2)26-9-8-15-37(32(40)41)18-17-35(6)27(30(26)37)10-11-29-34(5)22-25(21-24-13-19-38-20-14-24)31(39)33(3,4)28(34)12-16-36(29,35)7/h13-14,19-21,26-30H,1,8-12,15-18,22H2,2-7H3,(H,40,41)/b25-21-/t26-,27-,28-,29+,30+,34-,35+,36+,37-/m0/s1. The Hall–Kier alpha value is -2.23. The van der Waals surface area contributed by atoms with Crippen LogP contribution in [0.25, 0.3) is 6.08 Å². The molecule has 0 saturated heterocycles. The number of aromatic nitrogens is 1. The molecule has 6 rings (SSSR count). The summed E-state index contributed by atoms with van der Waals surface area (Å²) in [7, 11) is 0. The normalized spacial score (nSPS) is 46.0. The molecule has 5 saturated carbocycles. The number of allylic oxidation sites excluding steroid dienone is 2. The van der Waals surface area contributed by atoms with E-state index in [0.29, 0.717) is 29.5 Å². The highest BCUT2D eigenvalue weighted by molar-refractivity contribution is 6.04. The van der Waals surface area contributed by atoms with E-state index in [-0.39, 0.29) is 22.2 Å². The van der Waals surface area contributed by atoms with Crippen LogP contribution in [0.3, 0.4) is 0 Å². The van der Waals surface area contributed by atoms with Crippen LogP contribution in [0.2, 0.25) is 0 Å². The highest BCUT2D eigenvalue weighted by Gasteiger charge is 2.71. The second-order valence-electron chi connectivity index (χ2n) is 16.2. The third-order valence-electron chi connectivity index (χ3n) is 14.4. The first kappa shape index (κ1) is 28.9. The van der Waals surface area contributed by atoms with Gasteiger partial charge in [0.2, 0.25) is 0 Å². The van der Waals surface area contributed by atoms with Gasteiger partial charge < -0.3 is 5.11 Å². The molecule has 0 spiro atoms. The molecule has 9 atom stereocenters. The van der Waals surface area contributed by atoms with Crippen molar-refractivity contribution < 1.29 is 14.7 Å². The Labute approximate surface area is 247 Å². The second-order valence-corrected chi connectivity index (χ2v) is 16.2. The Morgan fingerprint density at radius 3 is 2.32 bits per heavy atom. The quantitative estimate of drug-likeness (QED) is 0.298. The fourth-order valence-corrected chi connectivity index (χ4v) is 12.4. The number of nitrogens with zero attached hydrogens (tertiary/aromatic N) is 1. The summed E-state index contributed by atoms with van der Waals surface area (Å²) in [6, 6.07) is 4.00. The van der Waals surface area contributed by atoms with Gasteiger partial charge >= 0.3 is 5.97 Å². The molecule has 1 N–H and O–H groups in total. The molecule has 4 nitrogen and oxygen atoms in total. The van der Waals surface area contributed by atoms with E-state index in [1.807, 2.05) is 12.1 Å². The molecule has 5 fully saturated rings. The van der Waals surface area contributed by atoms with Gasteiger partial charge in [0.05, 0.1) is 5.41 Å². The van der Waals surface area contributed by atoms with Crippen LogP contribution in [-0.4, -0.2) is 21.8 Å². The topological polar surface area (TPSA) is 67.3 Å². The van der Waals surface area contributed by atoms with E-state index in [2.05, 4.69) is 59.2 Å². The van der Waals surface area contributed by atoms with Crippen LogP contribution in [0.5, 0.6) is 0 Å². The number of rotatable bonds is 3. The van der Waals surface area contributed by atoms with Crippen LogP contribution in [0.1, 0.15) is 111 Å². The molecule has 5 aliphatic carbocycles. The molecular weight excluding hydrogens is 506 g/mol. The number of carbonyl (C=O) groups excluding carboxylic acids is 1. The largest absolute Gasteiger partial charge is 0.481 e. The number of fused-ring (bicyclic) bond motifs is 7. The van der Waals surface area contributed by atoms with Crippen molar-refractivity contribution in [3.63, 3.8) is 0 Å². The highest BCUT2D eigenvalue weighted by Crippen LogP contribution is 2.77. The third kappa shape index (κ3) is 3.80. The number of aliphatic carboxylic acids is 1. The molecule has 0 unspecified atom stereocenters. The predicted molar refractivity (Wildman–Crippen MR) is 164 cm³/mol. The maximum Gasteiger partial charge on any atom is 0.309 e. The summed E-state index contributed by atoms with van der Waals surface area (Å²) in [5.41, 5.74) is 2.43. The summed E-state index contributed by atoms with van der Waals surface area (Å²) in [5, 5.41) is 10.8. The maximum absolute atomic E-state index is 14.0. The molecule has 0 amide bonds. The minimum Gasteiger partial charge on any atom is -0.481 e. The number of carbonyl (C=O) groups is 2. The Morgan fingerprint density at radius 2 is 1.66 bits per heavy atom. The number of hydrogen-bond donors (Lipinski definition) is 1. The zero-order valence-electron chi connectivity index (χ0n) is 26.3. The van der Waals surface area contributed by atoms with E-state index < -0.39 is 16.8 Å². The lowest BCUT2D eigenvalue weighted by Gasteiger charge is -2.73. The van der Waals surface area contributed by atoms with Crippen molar-refractivity contribution in [2.45, 2.75) is 106 Å². The van der Waals surface area contributed by atoms with Crippen molar-refractivity contribution in [2.75, 3.05) is 0 Å². The number of carboxylic acid groups (broad SMARTS) is 1. The van der Waals surface area contributed by atoms with Crippen LogP contribution in [0.4, 0.5) is 0 Å². The molecule has 5 aliphatic rings. The number of carboxylic acids is 1. The van der Waals surface area contributed by atoms with Crippen molar-refractivity contribution >= 4 is 17.8 Å². The van der Waals surface area contributed by atoms with Gasteiger partial charge in [-0.2, -0.15) is 0 Å². The molecular formula is C37H51NO3. The smallest absolute Gasteiger partial charge is 0.309 e. The second kappa shape index (κ2) is 9.38. The molecule has 0 radical (unpaired) electrons. The predicted octanol–water partition coefficient (Wildman–Crippen LogP) is 8.78. The lowest BCUT2D eigenvalue weighted by atomic mass is 9.31. The number of ketones is 1. The van der Waals surface area contributed by atoms with Gasteiger partial charge in [-0.3, -0.25) is 14.6 Å². The molecule has 41 heavy (non-hydrogen) atoms. The summed E-state index contributed by atoms with van der Waals surface area (Å²) < 4.78 is 0.